The Labute approximate surface area is 241 Å². The van der Waals surface area contributed by atoms with Gasteiger partial charge in [0, 0.05) is 23.9 Å². The van der Waals surface area contributed by atoms with Gasteiger partial charge >= 0.3 is 0 Å². The minimum atomic E-state index is -0.735. The molecule has 0 fully saturated rings. The number of ether oxygens (including phenoxy) is 2. The molecule has 1 unspecified atom stereocenters. The summed E-state index contributed by atoms with van der Waals surface area (Å²) in [6.07, 6.45) is 0.853. The van der Waals surface area contributed by atoms with Crippen LogP contribution >= 0.6 is 12.4 Å². The van der Waals surface area contributed by atoms with Crippen molar-refractivity contribution in [2.24, 2.45) is 5.73 Å². The first-order chi connectivity index (χ1) is 19.0. The topological polar surface area (TPSA) is 109 Å². The monoisotopic (exact) mass is 558 g/mol. The molecular weight excluding hydrogens is 524 g/mol. The number of benzene rings is 4. The van der Waals surface area contributed by atoms with E-state index in [2.05, 4.69) is 10.6 Å². The van der Waals surface area contributed by atoms with Gasteiger partial charge in [-0.2, -0.15) is 0 Å². The maximum absolute atomic E-state index is 13.6. The van der Waals surface area contributed by atoms with Crippen LogP contribution in [-0.2, 0) is 17.9 Å². The second-order valence-electron chi connectivity index (χ2n) is 9.13. The Morgan fingerprint density at radius 3 is 2.05 bits per heavy atom. The van der Waals surface area contributed by atoms with E-state index in [1.165, 1.54) is 0 Å². The van der Waals surface area contributed by atoms with Crippen LogP contribution in [-0.4, -0.2) is 18.3 Å². The third-order valence-corrected chi connectivity index (χ3v) is 6.04. The number of rotatable bonds is 13. The van der Waals surface area contributed by atoms with Crippen LogP contribution in [0.4, 0.5) is 5.69 Å². The zero-order chi connectivity index (χ0) is 27.5. The minimum absolute atomic E-state index is 0. The van der Waals surface area contributed by atoms with Crippen LogP contribution in [0.1, 0.15) is 41.6 Å². The SMILES string of the molecule is CCCOc1cc(OCc2ccccc2)cc(C(Nc2ccc(C(=N)N)cc2)C(=O)NCc2ccccc2)c1.Cl. The fourth-order valence-corrected chi connectivity index (χ4v) is 3.99. The van der Waals surface area contributed by atoms with Gasteiger partial charge in [0.2, 0.25) is 5.91 Å². The third-order valence-electron chi connectivity index (χ3n) is 6.04. The molecule has 0 saturated heterocycles. The highest BCUT2D eigenvalue weighted by atomic mass is 35.5. The number of anilines is 1. The second-order valence-corrected chi connectivity index (χ2v) is 9.13. The number of hydrogen-bond acceptors (Lipinski definition) is 5. The van der Waals surface area contributed by atoms with Crippen molar-refractivity contribution in [3.8, 4) is 11.5 Å². The summed E-state index contributed by atoms with van der Waals surface area (Å²) in [5.41, 5.74) is 9.68. The molecule has 0 radical (unpaired) electrons. The van der Waals surface area contributed by atoms with Crippen LogP contribution in [0.3, 0.4) is 0 Å². The van der Waals surface area contributed by atoms with Crippen molar-refractivity contribution in [1.29, 1.82) is 5.41 Å². The van der Waals surface area contributed by atoms with Crippen molar-refractivity contribution >= 4 is 29.8 Å². The maximum Gasteiger partial charge on any atom is 0.247 e. The van der Waals surface area contributed by atoms with Gasteiger partial charge in [0.25, 0.3) is 0 Å². The number of carbonyl (C=O) groups excluding carboxylic acids is 1. The summed E-state index contributed by atoms with van der Waals surface area (Å²) in [7, 11) is 0. The van der Waals surface area contributed by atoms with Crippen LogP contribution in [0.25, 0.3) is 0 Å². The first-order valence-electron chi connectivity index (χ1n) is 13.0. The van der Waals surface area contributed by atoms with Crippen molar-refractivity contribution in [3.63, 3.8) is 0 Å². The van der Waals surface area contributed by atoms with Gasteiger partial charge in [0.1, 0.15) is 30.0 Å². The quantitative estimate of drug-likeness (QED) is 0.115. The van der Waals surface area contributed by atoms with Gasteiger partial charge in [-0.25, -0.2) is 0 Å². The van der Waals surface area contributed by atoms with E-state index in [-0.39, 0.29) is 24.1 Å². The Bertz CT molecular complexity index is 1370. The van der Waals surface area contributed by atoms with Crippen LogP contribution in [0.5, 0.6) is 11.5 Å². The molecule has 0 aliphatic carbocycles. The average Bonchev–Trinajstić information content (AvgIpc) is 2.97. The van der Waals surface area contributed by atoms with E-state index in [1.807, 2.05) is 85.8 Å². The predicted molar refractivity (Wildman–Crippen MR) is 162 cm³/mol. The van der Waals surface area contributed by atoms with Gasteiger partial charge in [-0.15, -0.1) is 12.4 Å². The van der Waals surface area contributed by atoms with E-state index in [0.717, 1.165) is 17.5 Å². The Morgan fingerprint density at radius 2 is 1.45 bits per heavy atom. The zero-order valence-electron chi connectivity index (χ0n) is 22.4. The molecule has 1 amide bonds. The number of halogens is 1. The molecule has 0 spiro atoms. The molecule has 5 N–H and O–H groups in total. The molecule has 40 heavy (non-hydrogen) atoms. The molecule has 4 rings (SSSR count). The molecule has 0 aromatic heterocycles. The number of carbonyl (C=O) groups is 1. The maximum atomic E-state index is 13.6. The van der Waals surface area contributed by atoms with E-state index in [0.29, 0.717) is 48.1 Å². The predicted octanol–water partition coefficient (Wildman–Crippen LogP) is 6.23. The van der Waals surface area contributed by atoms with Gasteiger partial charge in [-0.1, -0.05) is 67.6 Å². The summed E-state index contributed by atoms with van der Waals surface area (Å²) in [4.78, 5) is 13.6. The number of nitrogens with one attached hydrogen (secondary N) is 3. The summed E-state index contributed by atoms with van der Waals surface area (Å²) in [6, 6.07) is 31.6. The van der Waals surface area contributed by atoms with Crippen LogP contribution in [0, 0.1) is 5.41 Å². The van der Waals surface area contributed by atoms with E-state index >= 15 is 0 Å². The van der Waals surface area contributed by atoms with Crippen molar-refractivity contribution in [2.45, 2.75) is 32.5 Å². The molecule has 208 valence electrons. The normalized spacial score (nSPS) is 11.0. The summed E-state index contributed by atoms with van der Waals surface area (Å²) in [5, 5.41) is 14.1. The number of amides is 1. The smallest absolute Gasteiger partial charge is 0.247 e. The lowest BCUT2D eigenvalue weighted by Crippen LogP contribution is -2.33. The highest BCUT2D eigenvalue weighted by molar-refractivity contribution is 5.95. The highest BCUT2D eigenvalue weighted by Crippen LogP contribution is 2.30. The molecule has 0 aliphatic heterocycles. The van der Waals surface area contributed by atoms with Crippen molar-refractivity contribution in [3.05, 3.63) is 125 Å². The van der Waals surface area contributed by atoms with Crippen LogP contribution in [0.15, 0.2) is 103 Å². The largest absolute Gasteiger partial charge is 0.493 e. The lowest BCUT2D eigenvalue weighted by atomic mass is 10.0. The lowest BCUT2D eigenvalue weighted by molar-refractivity contribution is -0.122. The van der Waals surface area contributed by atoms with Gasteiger partial charge < -0.3 is 25.8 Å². The minimum Gasteiger partial charge on any atom is -0.493 e. The Kier molecular flexibility index (Phi) is 11.4. The standard InChI is InChI=1S/C32H34N4O3.ClH/c1-2-17-38-28-18-26(19-29(20-28)39-22-24-11-7-4-8-12-24)30(32(37)35-21-23-9-5-3-6-10-23)36-27-15-13-25(14-16-27)31(33)34;/h3-16,18-20,30,36H,2,17,21-22H2,1H3,(H3,33,34)(H,35,37);1H. The van der Waals surface area contributed by atoms with Gasteiger partial charge in [-0.05, 0) is 59.5 Å². The molecule has 8 heteroatoms. The molecular formula is C32H35ClN4O3. The van der Waals surface area contributed by atoms with Crippen molar-refractivity contribution in [1.82, 2.24) is 5.32 Å². The first kappa shape index (κ1) is 30.1. The number of amidine groups is 1. The number of hydrogen-bond donors (Lipinski definition) is 4. The van der Waals surface area contributed by atoms with E-state index in [9.17, 15) is 4.79 Å². The Balaban J connectivity index is 0.00000441. The molecule has 1 atom stereocenters. The molecule has 0 aliphatic rings. The average molecular weight is 559 g/mol. The van der Waals surface area contributed by atoms with Gasteiger partial charge in [-0.3, -0.25) is 10.2 Å². The fraction of sp³-hybridized carbons (Fsp3) is 0.188. The number of nitrogen functional groups attached to an aromatic ring is 1. The first-order valence-corrected chi connectivity index (χ1v) is 13.0. The summed E-state index contributed by atoms with van der Waals surface area (Å²) in [6.45, 7) is 3.38. The van der Waals surface area contributed by atoms with Crippen LogP contribution < -0.4 is 25.8 Å². The fourth-order valence-electron chi connectivity index (χ4n) is 3.99. The third kappa shape index (κ3) is 8.78. The van der Waals surface area contributed by atoms with Crippen LogP contribution in [0.2, 0.25) is 0 Å². The molecule has 0 heterocycles. The zero-order valence-corrected chi connectivity index (χ0v) is 23.2. The second kappa shape index (κ2) is 15.2. The lowest BCUT2D eigenvalue weighted by Gasteiger charge is -2.22. The molecule has 4 aromatic rings. The Morgan fingerprint density at radius 1 is 0.850 bits per heavy atom. The summed E-state index contributed by atoms with van der Waals surface area (Å²) < 4.78 is 12.1. The van der Waals surface area contributed by atoms with Gasteiger partial charge in [0.15, 0.2) is 0 Å². The molecule has 7 nitrogen and oxygen atoms in total. The van der Waals surface area contributed by atoms with E-state index in [4.69, 9.17) is 20.6 Å². The highest BCUT2D eigenvalue weighted by Gasteiger charge is 2.23. The van der Waals surface area contributed by atoms with Crippen molar-refractivity contribution in [2.75, 3.05) is 11.9 Å². The van der Waals surface area contributed by atoms with Crippen molar-refractivity contribution < 1.29 is 14.3 Å². The summed E-state index contributed by atoms with van der Waals surface area (Å²) >= 11 is 0. The Hall–Kier alpha value is -4.49. The molecule has 0 saturated carbocycles. The van der Waals surface area contributed by atoms with E-state index in [1.54, 1.807) is 24.3 Å². The number of nitrogens with two attached hydrogens (primary N) is 1. The summed E-state index contributed by atoms with van der Waals surface area (Å²) in [5.74, 6) is 1.03. The van der Waals surface area contributed by atoms with E-state index < -0.39 is 6.04 Å². The molecule has 4 aromatic carbocycles. The van der Waals surface area contributed by atoms with Gasteiger partial charge in [0.05, 0.1) is 6.61 Å². The molecule has 0 bridgehead atoms.